The van der Waals surface area contributed by atoms with Crippen molar-refractivity contribution in [1.82, 2.24) is 5.32 Å². The van der Waals surface area contributed by atoms with Crippen LogP contribution in [0.3, 0.4) is 0 Å². The quantitative estimate of drug-likeness (QED) is 0.481. The highest BCUT2D eigenvalue weighted by Crippen LogP contribution is 2.44. The van der Waals surface area contributed by atoms with Crippen LogP contribution in [0.15, 0.2) is 41.6 Å². The number of rotatable bonds is 3. The number of methoxy groups -OCH3 is 1. The third-order valence-electron chi connectivity index (χ3n) is 4.87. The number of ketones is 1. The molecule has 8 nitrogen and oxygen atoms in total. The third kappa shape index (κ3) is 2.83. The maximum atomic E-state index is 12.6. The first kappa shape index (κ1) is 17.7. The molecule has 1 heterocycles. The number of benzene rings is 1. The second-order valence-electron chi connectivity index (χ2n) is 6.33. The Hall–Kier alpha value is -3.16. The van der Waals surface area contributed by atoms with Crippen molar-refractivity contribution in [2.75, 3.05) is 7.11 Å². The van der Waals surface area contributed by atoms with Gasteiger partial charge in [-0.2, -0.15) is 0 Å². The van der Waals surface area contributed by atoms with Crippen molar-refractivity contribution in [3.05, 3.63) is 57.3 Å². The lowest BCUT2D eigenvalue weighted by Crippen LogP contribution is -2.49. The number of phenols is 1. The number of esters is 1. The van der Waals surface area contributed by atoms with Crippen LogP contribution in [-0.4, -0.2) is 34.9 Å². The van der Waals surface area contributed by atoms with E-state index in [1.165, 1.54) is 31.4 Å². The lowest BCUT2D eigenvalue weighted by Gasteiger charge is -2.40. The summed E-state index contributed by atoms with van der Waals surface area (Å²) in [6.45, 7) is 1.72. The van der Waals surface area contributed by atoms with E-state index in [0.717, 1.165) is 0 Å². The number of carbonyl (C=O) groups is 2. The summed E-state index contributed by atoms with van der Waals surface area (Å²) < 4.78 is 4.88. The fourth-order valence-corrected chi connectivity index (χ4v) is 3.74. The topological polar surface area (TPSA) is 119 Å². The van der Waals surface area contributed by atoms with Gasteiger partial charge in [0.05, 0.1) is 23.5 Å². The molecule has 3 atom stereocenters. The number of carbonyl (C=O) groups excluding carboxylic acids is 2. The molecular formula is C18H18N2O6. The molecule has 0 amide bonds. The van der Waals surface area contributed by atoms with Gasteiger partial charge in [0.1, 0.15) is 0 Å². The van der Waals surface area contributed by atoms with Crippen molar-refractivity contribution in [2.45, 2.75) is 25.3 Å². The molecule has 136 valence electrons. The van der Waals surface area contributed by atoms with E-state index in [2.05, 4.69) is 5.32 Å². The van der Waals surface area contributed by atoms with Crippen LogP contribution in [0.4, 0.5) is 5.69 Å². The number of ether oxygens (including phenoxy) is 1. The third-order valence-corrected chi connectivity index (χ3v) is 4.87. The highest BCUT2D eigenvalue weighted by molar-refractivity contribution is 5.98. The number of aromatic hydroxyl groups is 1. The molecule has 0 aromatic heterocycles. The number of nitrogens with one attached hydrogen (secondary N) is 1. The summed E-state index contributed by atoms with van der Waals surface area (Å²) in [7, 11) is 1.24. The van der Waals surface area contributed by atoms with Crippen molar-refractivity contribution in [2.24, 2.45) is 5.92 Å². The van der Waals surface area contributed by atoms with Gasteiger partial charge in [-0.1, -0.05) is 12.1 Å². The van der Waals surface area contributed by atoms with Gasteiger partial charge in [0.15, 0.2) is 11.5 Å². The second kappa shape index (κ2) is 6.62. The molecule has 8 heteroatoms. The zero-order valence-electron chi connectivity index (χ0n) is 14.3. The number of fused-ring (bicyclic) bond motifs is 1. The fourth-order valence-electron chi connectivity index (χ4n) is 3.74. The molecular weight excluding hydrogens is 340 g/mol. The molecule has 1 aliphatic carbocycles. The van der Waals surface area contributed by atoms with E-state index in [1.807, 2.05) is 0 Å². The second-order valence-corrected chi connectivity index (χ2v) is 6.33. The number of nitro groups is 1. The van der Waals surface area contributed by atoms with Crippen LogP contribution in [0.2, 0.25) is 0 Å². The van der Waals surface area contributed by atoms with Gasteiger partial charge in [-0.25, -0.2) is 4.79 Å². The van der Waals surface area contributed by atoms with Crippen LogP contribution in [0.1, 0.15) is 24.8 Å². The fraction of sp³-hybridized carbons (Fsp3) is 0.333. The number of phenolic OH excluding ortho intramolecular Hbond substituents is 1. The van der Waals surface area contributed by atoms with Gasteiger partial charge < -0.3 is 15.2 Å². The Morgan fingerprint density at radius 3 is 2.81 bits per heavy atom. The molecule has 0 spiro atoms. The number of hydrogen-bond donors (Lipinski definition) is 2. The van der Waals surface area contributed by atoms with Crippen molar-refractivity contribution < 1.29 is 24.4 Å². The maximum Gasteiger partial charge on any atom is 0.336 e. The van der Waals surface area contributed by atoms with E-state index in [0.29, 0.717) is 17.7 Å². The predicted octanol–water partition coefficient (Wildman–Crippen LogP) is 1.95. The summed E-state index contributed by atoms with van der Waals surface area (Å²) in [5.74, 6) is -2.54. The van der Waals surface area contributed by atoms with E-state index >= 15 is 0 Å². The molecule has 3 rings (SSSR count). The smallest absolute Gasteiger partial charge is 0.336 e. The van der Waals surface area contributed by atoms with Gasteiger partial charge in [-0.05, 0) is 31.1 Å². The standard InChI is InChI=1S/C18H18N2O6/c1-9-15(18(23)26-2)16(17-11(19-9)4-3-5-14(17)22)10-6-7-13(21)12(8-10)20(24)25/h3,5-8,11,16-17,19,21H,4H2,1-2H3/t11-,16+,17-/m1/s1. The van der Waals surface area contributed by atoms with Gasteiger partial charge in [0.2, 0.25) is 0 Å². The van der Waals surface area contributed by atoms with Gasteiger partial charge in [-0.15, -0.1) is 0 Å². The van der Waals surface area contributed by atoms with Crippen LogP contribution >= 0.6 is 0 Å². The van der Waals surface area contributed by atoms with Crippen LogP contribution in [0.25, 0.3) is 0 Å². The minimum Gasteiger partial charge on any atom is -0.502 e. The molecule has 26 heavy (non-hydrogen) atoms. The van der Waals surface area contributed by atoms with Gasteiger partial charge in [-0.3, -0.25) is 14.9 Å². The molecule has 1 aromatic rings. The first-order valence-corrected chi connectivity index (χ1v) is 8.08. The molecule has 0 saturated heterocycles. The van der Waals surface area contributed by atoms with E-state index in [1.54, 1.807) is 13.0 Å². The Balaban J connectivity index is 2.21. The molecule has 0 radical (unpaired) electrons. The molecule has 2 aliphatic rings. The summed E-state index contributed by atoms with van der Waals surface area (Å²) in [5, 5.41) is 24.1. The summed E-state index contributed by atoms with van der Waals surface area (Å²) in [6, 6.07) is 3.69. The Kier molecular flexibility index (Phi) is 4.50. The number of hydrogen-bond acceptors (Lipinski definition) is 7. The zero-order valence-corrected chi connectivity index (χ0v) is 14.3. The van der Waals surface area contributed by atoms with Crippen LogP contribution in [0, 0.1) is 16.0 Å². The lowest BCUT2D eigenvalue weighted by molar-refractivity contribution is -0.385. The summed E-state index contributed by atoms with van der Waals surface area (Å²) in [6.07, 6.45) is 3.84. The first-order valence-electron chi connectivity index (χ1n) is 8.08. The predicted molar refractivity (Wildman–Crippen MR) is 91.4 cm³/mol. The van der Waals surface area contributed by atoms with E-state index < -0.39 is 34.2 Å². The van der Waals surface area contributed by atoms with Gasteiger partial charge in [0, 0.05) is 23.7 Å². The number of nitro benzene ring substituents is 1. The average Bonchev–Trinajstić information content (AvgIpc) is 2.60. The Morgan fingerprint density at radius 2 is 2.15 bits per heavy atom. The van der Waals surface area contributed by atoms with Crippen LogP contribution < -0.4 is 5.32 Å². The number of allylic oxidation sites excluding steroid dienone is 2. The SMILES string of the molecule is COC(=O)C1=C(C)N[C@@H]2CC=CC(=O)[C@@H]2[C@H]1c1ccc(O)c([N+](=O)[O-])c1. The first-order chi connectivity index (χ1) is 12.3. The van der Waals surface area contributed by atoms with Gasteiger partial charge >= 0.3 is 11.7 Å². The Bertz CT molecular complexity index is 857. The highest BCUT2D eigenvalue weighted by Gasteiger charge is 2.45. The molecule has 2 N–H and O–H groups in total. The number of nitrogens with zero attached hydrogens (tertiary/aromatic N) is 1. The molecule has 0 saturated carbocycles. The van der Waals surface area contributed by atoms with Crippen LogP contribution in [0.5, 0.6) is 5.75 Å². The van der Waals surface area contributed by atoms with Gasteiger partial charge in [0.25, 0.3) is 0 Å². The summed E-state index contributed by atoms with van der Waals surface area (Å²) in [5.41, 5.74) is 0.770. The van der Waals surface area contributed by atoms with Crippen molar-refractivity contribution in [3.63, 3.8) is 0 Å². The summed E-state index contributed by atoms with van der Waals surface area (Å²) >= 11 is 0. The van der Waals surface area contributed by atoms with E-state index in [4.69, 9.17) is 4.74 Å². The monoisotopic (exact) mass is 358 g/mol. The largest absolute Gasteiger partial charge is 0.502 e. The van der Waals surface area contributed by atoms with E-state index in [-0.39, 0.29) is 17.4 Å². The van der Waals surface area contributed by atoms with Crippen LogP contribution in [-0.2, 0) is 14.3 Å². The highest BCUT2D eigenvalue weighted by atomic mass is 16.6. The van der Waals surface area contributed by atoms with Crippen molar-refractivity contribution in [3.8, 4) is 5.75 Å². The maximum absolute atomic E-state index is 12.6. The Morgan fingerprint density at radius 1 is 1.42 bits per heavy atom. The minimum absolute atomic E-state index is 0.164. The molecule has 1 aliphatic heterocycles. The minimum atomic E-state index is -0.703. The average molecular weight is 358 g/mol. The van der Waals surface area contributed by atoms with E-state index in [9.17, 15) is 24.8 Å². The zero-order chi connectivity index (χ0) is 19.0. The molecule has 0 bridgehead atoms. The normalized spacial score (nSPS) is 24.7. The summed E-state index contributed by atoms with van der Waals surface area (Å²) in [4.78, 5) is 35.5. The Labute approximate surface area is 149 Å². The van der Waals surface area contributed by atoms with Crippen molar-refractivity contribution >= 4 is 17.4 Å². The van der Waals surface area contributed by atoms with Crippen molar-refractivity contribution in [1.29, 1.82) is 0 Å². The lowest BCUT2D eigenvalue weighted by atomic mass is 9.69. The molecule has 0 fully saturated rings. The molecule has 1 aromatic carbocycles. The molecule has 0 unspecified atom stereocenters.